The molecule has 0 saturated heterocycles. The molecular weight excluding hydrogens is 482 g/mol. The van der Waals surface area contributed by atoms with E-state index in [9.17, 15) is 9.59 Å². The quantitative estimate of drug-likeness (QED) is 0.183. The number of carbonyl (C=O) groups excluding carboxylic acids is 2. The van der Waals surface area contributed by atoms with Gasteiger partial charge >= 0.3 is 5.97 Å². The monoisotopic (exact) mass is 525 g/mol. The highest BCUT2D eigenvalue weighted by Crippen LogP contribution is 2.37. The summed E-state index contributed by atoms with van der Waals surface area (Å²) in [5, 5.41) is 0. The van der Waals surface area contributed by atoms with E-state index in [1.807, 2.05) is 57.2 Å². The molecule has 202 valence electrons. The van der Waals surface area contributed by atoms with E-state index in [4.69, 9.17) is 9.47 Å². The molecule has 1 aliphatic rings. The van der Waals surface area contributed by atoms with E-state index >= 15 is 0 Å². The van der Waals surface area contributed by atoms with Gasteiger partial charge in [0.25, 0.3) is 0 Å². The molecule has 0 radical (unpaired) electrons. The van der Waals surface area contributed by atoms with Crippen molar-refractivity contribution in [1.82, 2.24) is 0 Å². The Kier molecular flexibility index (Phi) is 12.4. The van der Waals surface area contributed by atoms with Crippen LogP contribution in [0.25, 0.3) is 0 Å². The number of anilines is 1. The van der Waals surface area contributed by atoms with Gasteiger partial charge in [0.2, 0.25) is 6.41 Å². The van der Waals surface area contributed by atoms with Crippen LogP contribution in [0.5, 0.6) is 0 Å². The van der Waals surface area contributed by atoms with Crippen LogP contribution in [-0.2, 0) is 20.9 Å². The van der Waals surface area contributed by atoms with E-state index < -0.39 is 5.97 Å². The third-order valence-corrected chi connectivity index (χ3v) is 7.33. The van der Waals surface area contributed by atoms with E-state index in [1.165, 1.54) is 37.7 Å². The molecule has 0 N–H and O–H groups in total. The van der Waals surface area contributed by atoms with E-state index in [1.54, 1.807) is 4.90 Å². The van der Waals surface area contributed by atoms with Crippen molar-refractivity contribution in [3.05, 3.63) is 51.7 Å². The average Bonchev–Trinajstić information content (AvgIpc) is 3.28. The highest BCUT2D eigenvalue weighted by atomic mass is 32.1. The molecule has 1 unspecified atom stereocenters. The lowest BCUT2D eigenvalue weighted by atomic mass is 9.87. The van der Waals surface area contributed by atoms with Gasteiger partial charge in [-0.2, -0.15) is 0 Å². The minimum Gasteiger partial charge on any atom is -0.465 e. The van der Waals surface area contributed by atoms with Gasteiger partial charge in [-0.25, -0.2) is 4.79 Å². The van der Waals surface area contributed by atoms with Crippen molar-refractivity contribution in [2.75, 3.05) is 12.0 Å². The molecule has 0 spiro atoms. The molecule has 0 bridgehead atoms. The fraction of sp³-hybridized carbons (Fsp3) is 0.548. The summed E-state index contributed by atoms with van der Waals surface area (Å²) in [6, 6.07) is 11.8. The summed E-state index contributed by atoms with van der Waals surface area (Å²) in [7, 11) is 1.34. The van der Waals surface area contributed by atoms with Gasteiger partial charge < -0.3 is 14.4 Å². The molecule has 1 aliphatic carbocycles. The molecule has 0 aliphatic heterocycles. The summed E-state index contributed by atoms with van der Waals surface area (Å²) < 4.78 is 10.9. The van der Waals surface area contributed by atoms with Gasteiger partial charge in [0.15, 0.2) is 0 Å². The number of hydrogen-bond donors (Lipinski definition) is 0. The largest absolute Gasteiger partial charge is 0.465 e. The number of ether oxygens (including phenoxy) is 2. The Balaban J connectivity index is 0.000000604. The van der Waals surface area contributed by atoms with Gasteiger partial charge in [-0.15, -0.1) is 11.3 Å². The second-order valence-electron chi connectivity index (χ2n) is 10.7. The number of rotatable bonds is 10. The number of carbonyl (C=O) groups is 2. The molecule has 1 saturated carbocycles. The van der Waals surface area contributed by atoms with Gasteiger partial charge in [0.1, 0.15) is 4.88 Å². The van der Waals surface area contributed by atoms with Crippen molar-refractivity contribution >= 4 is 29.4 Å². The number of thiophene rings is 1. The van der Waals surface area contributed by atoms with Gasteiger partial charge in [-0.1, -0.05) is 82.2 Å². The maximum atomic E-state index is 12.3. The molecule has 1 atom stereocenters. The van der Waals surface area contributed by atoms with Crippen molar-refractivity contribution in [2.24, 2.45) is 11.3 Å². The zero-order valence-corrected chi connectivity index (χ0v) is 24.3. The maximum absolute atomic E-state index is 12.3. The van der Waals surface area contributed by atoms with E-state index in [0.717, 1.165) is 35.6 Å². The Morgan fingerprint density at radius 1 is 1.22 bits per heavy atom. The Morgan fingerprint density at radius 3 is 2.41 bits per heavy atom. The molecule has 1 aromatic carbocycles. The summed E-state index contributed by atoms with van der Waals surface area (Å²) in [4.78, 5) is 27.0. The zero-order valence-electron chi connectivity index (χ0n) is 23.5. The molecular formula is C31H43NO4S. The number of esters is 1. The Labute approximate surface area is 227 Å². The second-order valence-corrected chi connectivity index (χ2v) is 11.7. The Morgan fingerprint density at radius 2 is 1.89 bits per heavy atom. The summed E-state index contributed by atoms with van der Waals surface area (Å²) >= 11 is 1.26. The van der Waals surface area contributed by atoms with Crippen LogP contribution in [0, 0.1) is 23.2 Å². The van der Waals surface area contributed by atoms with E-state index in [0.29, 0.717) is 17.2 Å². The fourth-order valence-corrected chi connectivity index (χ4v) is 4.78. The first kappa shape index (κ1) is 30.6. The highest BCUT2D eigenvalue weighted by molar-refractivity contribution is 7.15. The number of nitrogens with zero attached hydrogens (tertiary/aromatic N) is 1. The Bertz CT molecular complexity index is 1040. The smallest absolute Gasteiger partial charge is 0.350 e. The molecule has 37 heavy (non-hydrogen) atoms. The molecule has 6 heteroatoms. The minimum atomic E-state index is -0.457. The van der Waals surface area contributed by atoms with Crippen LogP contribution in [-0.4, -0.2) is 31.6 Å². The van der Waals surface area contributed by atoms with Crippen LogP contribution in [0.4, 0.5) is 5.69 Å². The number of hydrogen-bond acceptors (Lipinski definition) is 5. The van der Waals surface area contributed by atoms with Gasteiger partial charge in [-0.05, 0) is 51.2 Å². The van der Waals surface area contributed by atoms with Crippen LogP contribution in [0.2, 0.25) is 0 Å². The maximum Gasteiger partial charge on any atom is 0.350 e. The normalized spacial score (nSPS) is 17.3. The summed E-state index contributed by atoms with van der Waals surface area (Å²) in [6.07, 6.45) is 6.42. The molecule has 1 fully saturated rings. The first-order valence-electron chi connectivity index (χ1n) is 13.3. The third kappa shape index (κ3) is 9.98. The first-order chi connectivity index (χ1) is 17.6. The van der Waals surface area contributed by atoms with E-state index in [2.05, 4.69) is 32.6 Å². The van der Waals surface area contributed by atoms with Crippen LogP contribution in [0.1, 0.15) is 93.8 Å². The topological polar surface area (TPSA) is 55.8 Å². The van der Waals surface area contributed by atoms with Crippen LogP contribution < -0.4 is 4.90 Å². The van der Waals surface area contributed by atoms with E-state index in [-0.39, 0.29) is 17.6 Å². The minimum absolute atomic E-state index is 0.00953. The number of amides is 1. The third-order valence-electron chi connectivity index (χ3n) is 6.31. The molecule has 1 amide bonds. The predicted octanol–water partition coefficient (Wildman–Crippen LogP) is 7.48. The first-order valence-corrected chi connectivity index (χ1v) is 14.1. The SMILES string of the molecule is CCCC(C)CC.COC(=O)c1sc(C#CC(C)(C)C)cc1N(C=O)C1CC(OCc2ccccc2)C1. The Hall–Kier alpha value is -2.62. The molecule has 1 heterocycles. The predicted molar refractivity (Wildman–Crippen MR) is 153 cm³/mol. The van der Waals surface area contributed by atoms with Gasteiger partial charge in [0, 0.05) is 11.5 Å². The lowest BCUT2D eigenvalue weighted by Gasteiger charge is -2.40. The van der Waals surface area contributed by atoms with Crippen LogP contribution in [0.3, 0.4) is 0 Å². The number of methoxy groups -OCH3 is 1. The van der Waals surface area contributed by atoms with Gasteiger partial charge in [0.05, 0.1) is 30.4 Å². The van der Waals surface area contributed by atoms with Crippen molar-refractivity contribution in [2.45, 2.75) is 92.4 Å². The molecule has 1 aromatic heterocycles. The molecule has 2 aromatic rings. The number of benzene rings is 1. The van der Waals surface area contributed by atoms with Crippen LogP contribution in [0.15, 0.2) is 36.4 Å². The second kappa shape index (κ2) is 15.0. The summed E-state index contributed by atoms with van der Waals surface area (Å²) in [6.45, 7) is 13.4. The summed E-state index contributed by atoms with van der Waals surface area (Å²) in [5.41, 5.74) is 1.53. The van der Waals surface area contributed by atoms with Crippen molar-refractivity contribution in [1.29, 1.82) is 0 Å². The van der Waals surface area contributed by atoms with Gasteiger partial charge in [-0.3, -0.25) is 4.79 Å². The molecule has 3 rings (SSSR count). The lowest BCUT2D eigenvalue weighted by molar-refractivity contribution is -0.109. The average molecular weight is 526 g/mol. The van der Waals surface area contributed by atoms with Crippen molar-refractivity contribution in [3.63, 3.8) is 0 Å². The lowest BCUT2D eigenvalue weighted by Crippen LogP contribution is -2.48. The standard InChI is InChI=1S/C24H27NO4S.C7H16/c1-24(2,3)11-10-20-14-21(22(30-20)23(27)28-4)25(16-26)18-12-19(13-18)29-15-17-8-6-5-7-9-17;1-4-6-7(3)5-2/h5-9,14,16,18-19H,12-13,15H2,1-4H3;7H,4-6H2,1-3H3. The van der Waals surface area contributed by atoms with Crippen LogP contribution >= 0.6 is 11.3 Å². The van der Waals surface area contributed by atoms with Crippen molar-refractivity contribution in [3.8, 4) is 11.8 Å². The van der Waals surface area contributed by atoms with Crippen molar-refractivity contribution < 1.29 is 19.1 Å². The molecule has 5 nitrogen and oxygen atoms in total. The highest BCUT2D eigenvalue weighted by Gasteiger charge is 2.37. The summed E-state index contributed by atoms with van der Waals surface area (Å²) in [5.74, 6) is 6.78. The zero-order chi connectivity index (χ0) is 27.4. The fourth-order valence-electron chi connectivity index (χ4n) is 3.85.